The molecule has 7 heteroatoms. The van der Waals surface area contributed by atoms with Gasteiger partial charge in [0.2, 0.25) is 5.52 Å². The number of thiazole rings is 1. The van der Waals surface area contributed by atoms with Crippen LogP contribution in [-0.4, -0.2) is 19.2 Å². The van der Waals surface area contributed by atoms with Crippen molar-refractivity contribution in [3.63, 3.8) is 0 Å². The normalized spacial score (nSPS) is 11.4. The van der Waals surface area contributed by atoms with E-state index in [9.17, 15) is 13.0 Å². The molecule has 0 aliphatic carbocycles. The van der Waals surface area contributed by atoms with Crippen molar-refractivity contribution in [1.82, 2.24) is 0 Å². The summed E-state index contributed by atoms with van der Waals surface area (Å²) < 4.78 is 36.2. The Morgan fingerprint density at radius 3 is 2.30 bits per heavy atom. The molecule has 0 aliphatic rings. The van der Waals surface area contributed by atoms with Crippen molar-refractivity contribution < 1.29 is 17.5 Å². The maximum atomic E-state index is 10.4. The fraction of sp³-hybridized carbons (Fsp3) is 0.150. The molecule has 0 aliphatic heterocycles. The number of hydrogen-bond donors (Lipinski definition) is 0. The van der Waals surface area contributed by atoms with Crippen LogP contribution in [0.25, 0.3) is 21.0 Å². The van der Waals surface area contributed by atoms with E-state index >= 15 is 0 Å². The topological polar surface area (TPSA) is 61.1 Å². The summed E-state index contributed by atoms with van der Waals surface area (Å²) in [5.74, 6) is 0. The minimum atomic E-state index is -4.27. The first-order valence-corrected chi connectivity index (χ1v) is 11.6. The Hall–Kier alpha value is -1.93. The van der Waals surface area contributed by atoms with Crippen molar-refractivity contribution in [3.05, 3.63) is 66.2 Å². The number of fused-ring (bicyclic) bond motifs is 3. The molecule has 4 rings (SSSR count). The van der Waals surface area contributed by atoms with Crippen molar-refractivity contribution in [1.29, 1.82) is 0 Å². The van der Waals surface area contributed by atoms with E-state index in [1.165, 1.54) is 37.5 Å². The molecule has 27 heavy (non-hydrogen) atoms. The van der Waals surface area contributed by atoms with Gasteiger partial charge in [-0.3, -0.25) is 0 Å². The molecule has 140 valence electrons. The zero-order valence-corrected chi connectivity index (χ0v) is 17.6. The molecular formula is C20H19NO3S3. The third-order valence-corrected chi connectivity index (χ3v) is 7.37. The first-order valence-electron chi connectivity index (χ1n) is 8.18. The molecule has 4 aromatic rings. The van der Waals surface area contributed by atoms with Gasteiger partial charge in [0.05, 0.1) is 10.3 Å². The highest BCUT2D eigenvalue weighted by Crippen LogP contribution is 2.30. The van der Waals surface area contributed by atoms with Crippen LogP contribution in [0.4, 0.5) is 0 Å². The van der Waals surface area contributed by atoms with Gasteiger partial charge in [-0.15, -0.1) is 0 Å². The van der Waals surface area contributed by atoms with Gasteiger partial charge in [-0.2, -0.15) is 4.57 Å². The van der Waals surface area contributed by atoms with Gasteiger partial charge in [0.25, 0.3) is 4.34 Å². The Balaban J connectivity index is 0.000000168. The van der Waals surface area contributed by atoms with E-state index in [0.29, 0.717) is 0 Å². The van der Waals surface area contributed by atoms with E-state index in [-0.39, 0.29) is 4.90 Å². The number of aromatic nitrogens is 1. The largest absolute Gasteiger partial charge is 0.744 e. The Morgan fingerprint density at radius 2 is 1.67 bits per heavy atom. The highest BCUT2D eigenvalue weighted by Gasteiger charge is 2.18. The summed E-state index contributed by atoms with van der Waals surface area (Å²) in [6.45, 7) is 1.82. The lowest BCUT2D eigenvalue weighted by molar-refractivity contribution is -0.676. The second-order valence-corrected chi connectivity index (χ2v) is 9.50. The Kier molecular flexibility index (Phi) is 5.86. The lowest BCUT2D eigenvalue weighted by Gasteiger charge is -2.05. The van der Waals surface area contributed by atoms with Crippen LogP contribution in [0.15, 0.2) is 69.9 Å². The van der Waals surface area contributed by atoms with Crippen molar-refractivity contribution in [2.45, 2.75) is 16.2 Å². The highest BCUT2D eigenvalue weighted by atomic mass is 32.2. The van der Waals surface area contributed by atoms with Crippen molar-refractivity contribution >= 4 is 54.2 Å². The number of hydrogen-bond acceptors (Lipinski definition) is 5. The van der Waals surface area contributed by atoms with Crippen molar-refractivity contribution in [2.75, 3.05) is 6.26 Å². The van der Waals surface area contributed by atoms with Gasteiger partial charge >= 0.3 is 0 Å². The molecule has 0 spiro atoms. The average molecular weight is 418 g/mol. The zero-order chi connectivity index (χ0) is 19.6. The molecular weight excluding hydrogens is 398 g/mol. The third-order valence-electron chi connectivity index (χ3n) is 4.15. The van der Waals surface area contributed by atoms with E-state index < -0.39 is 10.1 Å². The minimum Gasteiger partial charge on any atom is -0.744 e. The maximum Gasteiger partial charge on any atom is 0.297 e. The zero-order valence-electron chi connectivity index (χ0n) is 15.2. The number of nitrogens with zero attached hydrogens (tertiary/aromatic N) is 1. The molecule has 3 aromatic carbocycles. The Labute approximate surface area is 167 Å². The van der Waals surface area contributed by atoms with Gasteiger partial charge in [-0.25, -0.2) is 8.42 Å². The molecule has 0 saturated heterocycles. The van der Waals surface area contributed by atoms with Crippen LogP contribution in [-0.2, 0) is 17.2 Å². The lowest BCUT2D eigenvalue weighted by Crippen LogP contribution is -2.28. The molecule has 1 heterocycles. The summed E-state index contributed by atoms with van der Waals surface area (Å²) in [5, 5.41) is 2.66. The van der Waals surface area contributed by atoms with Gasteiger partial charge in [0.15, 0.2) is 0 Å². The van der Waals surface area contributed by atoms with E-state index in [2.05, 4.69) is 54.3 Å². The highest BCUT2D eigenvalue weighted by molar-refractivity contribution is 8.00. The SMILES string of the molecule is CSc1sc2ccc3ccccc3c2[n+]1C.Cc1ccc(S(=O)(=O)[O-])cc1. The molecule has 0 amide bonds. The van der Waals surface area contributed by atoms with Crippen LogP contribution in [0.2, 0.25) is 0 Å². The fourth-order valence-corrected chi connectivity index (χ4v) is 5.13. The summed E-state index contributed by atoms with van der Waals surface area (Å²) in [6, 6.07) is 18.8. The van der Waals surface area contributed by atoms with Crippen molar-refractivity contribution in [2.24, 2.45) is 7.05 Å². The number of benzene rings is 3. The average Bonchev–Trinajstić information content (AvgIpc) is 2.98. The number of thioether (sulfide) groups is 1. The monoisotopic (exact) mass is 417 g/mol. The van der Waals surface area contributed by atoms with E-state index in [0.717, 1.165) is 5.56 Å². The molecule has 0 radical (unpaired) electrons. The van der Waals surface area contributed by atoms with Crippen LogP contribution in [0.3, 0.4) is 0 Å². The van der Waals surface area contributed by atoms with Crippen molar-refractivity contribution in [3.8, 4) is 0 Å². The van der Waals surface area contributed by atoms with Crippen LogP contribution in [0.5, 0.6) is 0 Å². The van der Waals surface area contributed by atoms with E-state index in [1.807, 2.05) is 30.0 Å². The Bertz CT molecular complexity index is 1200. The van der Waals surface area contributed by atoms with Crippen LogP contribution in [0, 0.1) is 6.92 Å². The smallest absolute Gasteiger partial charge is 0.297 e. The van der Waals surface area contributed by atoms with Crippen LogP contribution in [0.1, 0.15) is 5.56 Å². The first-order chi connectivity index (χ1) is 12.8. The molecule has 0 fully saturated rings. The molecule has 4 nitrogen and oxygen atoms in total. The summed E-state index contributed by atoms with van der Waals surface area (Å²) in [4.78, 5) is -0.178. The molecule has 0 N–H and O–H groups in total. The molecule has 0 saturated carbocycles. The summed E-state index contributed by atoms with van der Waals surface area (Å²) >= 11 is 3.68. The third kappa shape index (κ3) is 4.32. The van der Waals surface area contributed by atoms with Crippen LogP contribution >= 0.6 is 23.1 Å². The van der Waals surface area contributed by atoms with Gasteiger partial charge in [0, 0.05) is 0 Å². The molecule has 0 bridgehead atoms. The lowest BCUT2D eigenvalue weighted by atomic mass is 10.1. The summed E-state index contributed by atoms with van der Waals surface area (Å²) in [6.07, 6.45) is 2.13. The van der Waals surface area contributed by atoms with E-state index in [1.54, 1.807) is 12.1 Å². The van der Waals surface area contributed by atoms with Gasteiger partial charge in [-0.05, 0) is 54.6 Å². The summed E-state index contributed by atoms with van der Waals surface area (Å²) in [7, 11) is -2.12. The van der Waals surface area contributed by atoms with E-state index in [4.69, 9.17) is 0 Å². The molecule has 1 aromatic heterocycles. The maximum absolute atomic E-state index is 10.4. The predicted octanol–water partition coefficient (Wildman–Crippen LogP) is 4.50. The van der Waals surface area contributed by atoms with Gasteiger partial charge < -0.3 is 4.55 Å². The fourth-order valence-electron chi connectivity index (χ4n) is 2.80. The second kappa shape index (κ2) is 7.98. The molecule has 0 unspecified atom stereocenters. The number of aryl methyl sites for hydroxylation is 2. The molecule has 0 atom stereocenters. The summed E-state index contributed by atoms with van der Waals surface area (Å²) in [5.41, 5.74) is 2.28. The number of rotatable bonds is 2. The van der Waals surface area contributed by atoms with Gasteiger partial charge in [0.1, 0.15) is 21.9 Å². The minimum absolute atomic E-state index is 0.178. The van der Waals surface area contributed by atoms with Gasteiger partial charge in [-0.1, -0.05) is 53.3 Å². The standard InChI is InChI=1S/C13H12NS2.C7H8O3S/c1-14-12-10-6-4-3-5-9(10)7-8-11(12)16-13(14)15-2;1-6-2-4-7(5-3-6)11(8,9)10/h3-8H,1-2H3;2-5H,1H3,(H,8,9,10)/q+1;/p-1. The Morgan fingerprint density at radius 1 is 1.00 bits per heavy atom. The quantitative estimate of drug-likeness (QED) is 0.274. The second-order valence-electron chi connectivity index (χ2n) is 6.03. The first kappa shape index (κ1) is 19.8. The van der Waals surface area contributed by atoms with Crippen LogP contribution < -0.4 is 4.57 Å². The predicted molar refractivity (Wildman–Crippen MR) is 111 cm³/mol.